The number of anilines is 1. The minimum absolute atomic E-state index is 0.00536. The van der Waals surface area contributed by atoms with E-state index in [-0.39, 0.29) is 17.7 Å². The fourth-order valence-corrected chi connectivity index (χ4v) is 2.69. The van der Waals surface area contributed by atoms with Gasteiger partial charge in [0, 0.05) is 45.8 Å². The highest BCUT2D eigenvalue weighted by atomic mass is 16.2. The highest BCUT2D eigenvalue weighted by molar-refractivity contribution is 5.89. The van der Waals surface area contributed by atoms with Crippen LogP contribution in [-0.4, -0.2) is 50.4 Å². The molecule has 1 aliphatic heterocycles. The first-order valence-electron chi connectivity index (χ1n) is 7.83. The van der Waals surface area contributed by atoms with Gasteiger partial charge in [0.2, 0.25) is 11.8 Å². The second-order valence-corrected chi connectivity index (χ2v) is 5.94. The first-order chi connectivity index (χ1) is 10.5. The number of hydrogen-bond acceptors (Lipinski definition) is 3. The van der Waals surface area contributed by atoms with E-state index in [4.69, 9.17) is 0 Å². The van der Waals surface area contributed by atoms with Gasteiger partial charge in [-0.1, -0.05) is 12.1 Å². The van der Waals surface area contributed by atoms with Crippen molar-refractivity contribution in [3.63, 3.8) is 0 Å². The van der Waals surface area contributed by atoms with E-state index in [2.05, 4.69) is 34.5 Å². The summed E-state index contributed by atoms with van der Waals surface area (Å²) in [6, 6.07) is 8.32. The molecule has 0 aromatic heterocycles. The molecule has 0 saturated carbocycles. The van der Waals surface area contributed by atoms with Gasteiger partial charge in [-0.2, -0.15) is 0 Å². The number of nitrogens with zero attached hydrogens (tertiary/aromatic N) is 2. The first-order valence-corrected chi connectivity index (χ1v) is 7.83. The number of likely N-dealkylation sites (tertiary alicyclic amines) is 1. The second kappa shape index (κ2) is 7.29. The summed E-state index contributed by atoms with van der Waals surface area (Å²) in [5, 5.41) is 2.95. The van der Waals surface area contributed by atoms with Crippen LogP contribution in [0.25, 0.3) is 0 Å². The fraction of sp³-hybridized carbons (Fsp3) is 0.529. The molecular formula is C17H25N3O2. The molecule has 1 N–H and O–H groups in total. The van der Waals surface area contributed by atoms with Crippen LogP contribution in [0.2, 0.25) is 0 Å². The van der Waals surface area contributed by atoms with Crippen molar-refractivity contribution in [3.05, 3.63) is 29.8 Å². The fourth-order valence-electron chi connectivity index (χ4n) is 2.69. The summed E-state index contributed by atoms with van der Waals surface area (Å²) in [4.78, 5) is 27.5. The Morgan fingerprint density at radius 2 is 2.00 bits per heavy atom. The van der Waals surface area contributed by atoms with E-state index in [9.17, 15) is 9.59 Å². The van der Waals surface area contributed by atoms with Gasteiger partial charge >= 0.3 is 0 Å². The van der Waals surface area contributed by atoms with Crippen LogP contribution in [0.4, 0.5) is 5.69 Å². The molecule has 1 aromatic rings. The molecule has 0 radical (unpaired) electrons. The average molecular weight is 303 g/mol. The first kappa shape index (κ1) is 16.3. The Balaban J connectivity index is 1.76. The number of amides is 2. The van der Waals surface area contributed by atoms with Crippen LogP contribution in [-0.2, 0) is 16.0 Å². The molecule has 2 amide bonds. The lowest BCUT2D eigenvalue weighted by Gasteiger charge is -2.14. The van der Waals surface area contributed by atoms with Crippen molar-refractivity contribution in [2.75, 3.05) is 38.6 Å². The number of carbonyl (C=O) groups excluding carboxylic acids is 2. The Labute approximate surface area is 132 Å². The highest BCUT2D eigenvalue weighted by Gasteiger charge is 2.32. The summed E-state index contributed by atoms with van der Waals surface area (Å²) in [6.45, 7) is 3.78. The van der Waals surface area contributed by atoms with Crippen LogP contribution in [0.15, 0.2) is 24.3 Å². The maximum atomic E-state index is 12.1. The van der Waals surface area contributed by atoms with E-state index in [0.717, 1.165) is 12.1 Å². The molecule has 1 atom stereocenters. The van der Waals surface area contributed by atoms with Gasteiger partial charge in [-0.15, -0.1) is 0 Å². The van der Waals surface area contributed by atoms with Gasteiger partial charge in [-0.05, 0) is 31.0 Å². The normalized spacial score (nSPS) is 17.7. The van der Waals surface area contributed by atoms with E-state index in [1.807, 2.05) is 21.0 Å². The Bertz CT molecular complexity index is 525. The maximum absolute atomic E-state index is 12.1. The van der Waals surface area contributed by atoms with Gasteiger partial charge < -0.3 is 15.1 Å². The summed E-state index contributed by atoms with van der Waals surface area (Å²) >= 11 is 0. The standard InChI is InChI=1S/C17H25N3O2/c1-4-20-12-14(11-16(20)21)17(22)18-10-9-13-5-7-15(8-6-13)19(2)3/h5-8,14H,4,9-12H2,1-3H3,(H,18,22)/t14-/m1/s1. The van der Waals surface area contributed by atoms with Gasteiger partial charge in [-0.3, -0.25) is 9.59 Å². The van der Waals surface area contributed by atoms with E-state index < -0.39 is 0 Å². The Kier molecular flexibility index (Phi) is 5.41. The van der Waals surface area contributed by atoms with E-state index in [0.29, 0.717) is 26.1 Å². The average Bonchev–Trinajstić information content (AvgIpc) is 2.89. The van der Waals surface area contributed by atoms with Crippen molar-refractivity contribution < 1.29 is 9.59 Å². The molecule has 0 unspecified atom stereocenters. The van der Waals surface area contributed by atoms with Gasteiger partial charge in [0.15, 0.2) is 0 Å². The number of nitrogens with one attached hydrogen (secondary N) is 1. The molecule has 0 aliphatic carbocycles. The largest absolute Gasteiger partial charge is 0.378 e. The van der Waals surface area contributed by atoms with E-state index >= 15 is 0 Å². The molecule has 120 valence electrons. The number of hydrogen-bond donors (Lipinski definition) is 1. The monoisotopic (exact) mass is 303 g/mol. The predicted molar refractivity (Wildman–Crippen MR) is 87.8 cm³/mol. The lowest BCUT2D eigenvalue weighted by Crippen LogP contribution is -2.34. The van der Waals surface area contributed by atoms with Gasteiger partial charge in [-0.25, -0.2) is 0 Å². The molecule has 5 heteroatoms. The van der Waals surface area contributed by atoms with Crippen LogP contribution in [0, 0.1) is 5.92 Å². The molecule has 1 heterocycles. The molecular weight excluding hydrogens is 278 g/mol. The maximum Gasteiger partial charge on any atom is 0.225 e. The molecule has 5 nitrogen and oxygen atoms in total. The Morgan fingerprint density at radius 1 is 1.32 bits per heavy atom. The molecule has 2 rings (SSSR count). The van der Waals surface area contributed by atoms with Gasteiger partial charge in [0.05, 0.1) is 5.92 Å². The lowest BCUT2D eigenvalue weighted by molar-refractivity contribution is -0.128. The van der Waals surface area contributed by atoms with Crippen LogP contribution in [0.5, 0.6) is 0 Å². The number of benzene rings is 1. The third kappa shape index (κ3) is 4.00. The molecule has 1 aliphatic rings. The van der Waals surface area contributed by atoms with Crippen LogP contribution < -0.4 is 10.2 Å². The summed E-state index contributed by atoms with van der Waals surface area (Å²) in [6.07, 6.45) is 1.15. The third-order valence-corrected chi connectivity index (χ3v) is 4.13. The van der Waals surface area contributed by atoms with Crippen LogP contribution in [0.3, 0.4) is 0 Å². The second-order valence-electron chi connectivity index (χ2n) is 5.94. The zero-order chi connectivity index (χ0) is 16.1. The number of rotatable bonds is 6. The van der Waals surface area contributed by atoms with E-state index in [1.54, 1.807) is 4.90 Å². The zero-order valence-electron chi connectivity index (χ0n) is 13.6. The molecule has 1 saturated heterocycles. The summed E-state index contributed by atoms with van der Waals surface area (Å²) in [7, 11) is 4.02. The van der Waals surface area contributed by atoms with Crippen molar-refractivity contribution in [1.82, 2.24) is 10.2 Å². The molecule has 1 fully saturated rings. The molecule has 22 heavy (non-hydrogen) atoms. The Morgan fingerprint density at radius 3 is 2.55 bits per heavy atom. The third-order valence-electron chi connectivity index (χ3n) is 4.13. The minimum Gasteiger partial charge on any atom is -0.378 e. The zero-order valence-corrected chi connectivity index (χ0v) is 13.6. The Hall–Kier alpha value is -2.04. The van der Waals surface area contributed by atoms with Gasteiger partial charge in [0.1, 0.15) is 0 Å². The van der Waals surface area contributed by atoms with Crippen LogP contribution in [0.1, 0.15) is 18.9 Å². The van der Waals surface area contributed by atoms with Crippen molar-refractivity contribution in [3.8, 4) is 0 Å². The summed E-state index contributed by atoms with van der Waals surface area (Å²) in [5.74, 6) is -0.111. The topological polar surface area (TPSA) is 52.7 Å². The van der Waals surface area contributed by atoms with Crippen molar-refractivity contribution in [2.45, 2.75) is 19.8 Å². The molecule has 1 aromatic carbocycles. The molecule has 0 spiro atoms. The number of carbonyl (C=O) groups is 2. The SMILES string of the molecule is CCN1C[C@H](C(=O)NCCc2ccc(N(C)C)cc2)CC1=O. The minimum atomic E-state index is -0.191. The van der Waals surface area contributed by atoms with Crippen molar-refractivity contribution >= 4 is 17.5 Å². The smallest absolute Gasteiger partial charge is 0.225 e. The molecule has 0 bridgehead atoms. The summed E-state index contributed by atoms with van der Waals surface area (Å²) < 4.78 is 0. The summed E-state index contributed by atoms with van der Waals surface area (Å²) in [5.41, 5.74) is 2.36. The van der Waals surface area contributed by atoms with Crippen molar-refractivity contribution in [2.24, 2.45) is 5.92 Å². The highest BCUT2D eigenvalue weighted by Crippen LogP contribution is 2.17. The quantitative estimate of drug-likeness (QED) is 0.861. The van der Waals surface area contributed by atoms with Crippen LogP contribution >= 0.6 is 0 Å². The lowest BCUT2D eigenvalue weighted by atomic mass is 10.1. The predicted octanol–water partition coefficient (Wildman–Crippen LogP) is 1.28. The van der Waals surface area contributed by atoms with E-state index in [1.165, 1.54) is 5.56 Å². The van der Waals surface area contributed by atoms with Crippen molar-refractivity contribution in [1.29, 1.82) is 0 Å². The van der Waals surface area contributed by atoms with Gasteiger partial charge in [0.25, 0.3) is 0 Å².